The van der Waals surface area contributed by atoms with Gasteiger partial charge in [-0.1, -0.05) is 55.8 Å². The molecule has 182 valence electrons. The Labute approximate surface area is 207 Å². The van der Waals surface area contributed by atoms with Crippen LogP contribution in [0, 0.1) is 13.8 Å². The van der Waals surface area contributed by atoms with Crippen LogP contribution in [0.25, 0.3) is 0 Å². The molecule has 0 unspecified atom stereocenters. The zero-order valence-corrected chi connectivity index (χ0v) is 21.2. The van der Waals surface area contributed by atoms with Crippen LogP contribution in [0.1, 0.15) is 42.3 Å². The lowest BCUT2D eigenvalue weighted by molar-refractivity contribution is 0.481. The monoisotopic (exact) mass is 489 g/mol. The topological polar surface area (TPSA) is 73.2 Å². The van der Waals surface area contributed by atoms with E-state index in [2.05, 4.69) is 16.7 Å². The Balaban J connectivity index is 1.50. The Morgan fingerprint density at radius 1 is 0.886 bits per heavy atom. The number of benzene rings is 3. The molecule has 0 saturated heterocycles. The fourth-order valence-corrected chi connectivity index (χ4v) is 5.09. The molecule has 0 saturated carbocycles. The first-order chi connectivity index (χ1) is 16.9. The smallest absolute Gasteiger partial charge is 0.262 e. The van der Waals surface area contributed by atoms with Gasteiger partial charge in [-0.15, -0.1) is 0 Å². The van der Waals surface area contributed by atoms with E-state index < -0.39 is 10.0 Å². The maximum Gasteiger partial charge on any atom is 0.262 e. The minimum atomic E-state index is -3.72. The van der Waals surface area contributed by atoms with E-state index >= 15 is 0 Å². The average Bonchev–Trinajstić information content (AvgIpc) is 3.11. The van der Waals surface area contributed by atoms with Gasteiger partial charge in [0.05, 0.1) is 28.5 Å². The predicted octanol–water partition coefficient (Wildman–Crippen LogP) is 6.48. The van der Waals surface area contributed by atoms with Crippen molar-refractivity contribution in [1.29, 1.82) is 0 Å². The zero-order chi connectivity index (χ0) is 24.8. The fraction of sp³-hybridized carbons (Fsp3) is 0.250. The van der Waals surface area contributed by atoms with Gasteiger partial charge in [0.1, 0.15) is 11.5 Å². The first-order valence-corrected chi connectivity index (χ1v) is 13.3. The summed E-state index contributed by atoms with van der Waals surface area (Å²) in [4.78, 5) is 0.245. The Bertz CT molecular complexity index is 1380. The lowest BCUT2D eigenvalue weighted by Crippen LogP contribution is -2.14. The van der Waals surface area contributed by atoms with Gasteiger partial charge in [-0.3, -0.25) is 9.40 Å². The van der Waals surface area contributed by atoms with Gasteiger partial charge in [0.15, 0.2) is 0 Å². The summed E-state index contributed by atoms with van der Waals surface area (Å²) in [6.07, 6.45) is 3.14. The Kier molecular flexibility index (Phi) is 7.56. The van der Waals surface area contributed by atoms with E-state index in [1.807, 2.05) is 85.3 Å². The van der Waals surface area contributed by atoms with Crippen molar-refractivity contribution in [3.05, 3.63) is 101 Å². The van der Waals surface area contributed by atoms with Crippen molar-refractivity contribution in [2.24, 2.45) is 0 Å². The Morgan fingerprint density at radius 2 is 1.60 bits per heavy atom. The summed E-state index contributed by atoms with van der Waals surface area (Å²) in [6.45, 7) is 6.31. The molecule has 0 aliphatic carbocycles. The van der Waals surface area contributed by atoms with Gasteiger partial charge in [0.25, 0.3) is 10.0 Å². The van der Waals surface area contributed by atoms with Crippen molar-refractivity contribution in [1.82, 2.24) is 9.78 Å². The maximum absolute atomic E-state index is 13.1. The molecular formula is C28H31N3O3S. The highest BCUT2D eigenvalue weighted by Gasteiger charge is 2.20. The molecule has 0 radical (unpaired) electrons. The van der Waals surface area contributed by atoms with E-state index in [1.54, 1.807) is 12.1 Å². The number of aromatic nitrogens is 2. The summed E-state index contributed by atoms with van der Waals surface area (Å²) in [6, 6.07) is 24.5. The van der Waals surface area contributed by atoms with Gasteiger partial charge in [-0.05, 0) is 74.2 Å². The predicted molar refractivity (Wildman–Crippen MR) is 140 cm³/mol. The molecule has 1 aromatic heterocycles. The first-order valence-electron chi connectivity index (χ1n) is 11.8. The van der Waals surface area contributed by atoms with Crippen molar-refractivity contribution in [2.45, 2.75) is 51.5 Å². The van der Waals surface area contributed by atoms with E-state index in [9.17, 15) is 8.42 Å². The summed E-state index contributed by atoms with van der Waals surface area (Å²) < 4.78 is 36.6. The molecule has 0 aliphatic heterocycles. The normalized spacial score (nSPS) is 11.4. The second-order valence-electron chi connectivity index (χ2n) is 8.62. The quantitative estimate of drug-likeness (QED) is 0.277. The third-order valence-corrected chi connectivity index (χ3v) is 7.25. The molecule has 0 aliphatic rings. The Hall–Kier alpha value is -3.58. The molecule has 4 aromatic rings. The van der Waals surface area contributed by atoms with Crippen LogP contribution >= 0.6 is 0 Å². The maximum atomic E-state index is 13.1. The number of hydrogen-bond acceptors (Lipinski definition) is 4. The van der Waals surface area contributed by atoms with Crippen molar-refractivity contribution in [2.75, 3.05) is 4.72 Å². The molecular weight excluding hydrogens is 458 g/mol. The van der Waals surface area contributed by atoms with Crippen LogP contribution in [0.15, 0.2) is 83.8 Å². The van der Waals surface area contributed by atoms with E-state index in [-0.39, 0.29) is 4.90 Å². The van der Waals surface area contributed by atoms with Crippen LogP contribution in [0.2, 0.25) is 0 Å². The number of rotatable bonds is 10. The van der Waals surface area contributed by atoms with Crippen LogP contribution < -0.4 is 9.46 Å². The Morgan fingerprint density at radius 3 is 2.31 bits per heavy atom. The molecule has 0 atom stereocenters. The van der Waals surface area contributed by atoms with Gasteiger partial charge in [0, 0.05) is 0 Å². The number of sulfonamides is 1. The van der Waals surface area contributed by atoms with Gasteiger partial charge in [-0.25, -0.2) is 8.42 Å². The SMILES string of the molecule is CCCCc1ccc(S(=O)(=O)Nc2c(C)nn(Cc3cccc(Oc4ccccc4)c3)c2C)cc1. The lowest BCUT2D eigenvalue weighted by Gasteiger charge is -2.11. The minimum absolute atomic E-state index is 0.245. The molecule has 0 bridgehead atoms. The lowest BCUT2D eigenvalue weighted by atomic mass is 10.1. The number of para-hydroxylation sites is 1. The molecule has 3 aromatic carbocycles. The molecule has 7 heteroatoms. The molecule has 6 nitrogen and oxygen atoms in total. The number of nitrogens with zero attached hydrogens (tertiary/aromatic N) is 2. The summed E-state index contributed by atoms with van der Waals surface area (Å²) >= 11 is 0. The van der Waals surface area contributed by atoms with Gasteiger partial charge < -0.3 is 4.74 Å². The number of aryl methyl sites for hydroxylation is 2. The van der Waals surface area contributed by atoms with E-state index in [0.29, 0.717) is 17.9 Å². The van der Waals surface area contributed by atoms with Crippen LogP contribution in [0.5, 0.6) is 11.5 Å². The van der Waals surface area contributed by atoms with Crippen LogP contribution in [0.3, 0.4) is 0 Å². The zero-order valence-electron chi connectivity index (χ0n) is 20.4. The van der Waals surface area contributed by atoms with E-state index in [4.69, 9.17) is 4.74 Å². The minimum Gasteiger partial charge on any atom is -0.457 e. The van der Waals surface area contributed by atoms with Crippen molar-refractivity contribution < 1.29 is 13.2 Å². The first kappa shape index (κ1) is 24.5. The summed E-state index contributed by atoms with van der Waals surface area (Å²) in [5.74, 6) is 1.50. The van der Waals surface area contributed by atoms with Gasteiger partial charge in [0.2, 0.25) is 0 Å². The number of unbranched alkanes of at least 4 members (excludes halogenated alkanes) is 1. The highest BCUT2D eigenvalue weighted by Crippen LogP contribution is 2.26. The summed E-state index contributed by atoms with van der Waals surface area (Å²) in [5, 5.41) is 4.59. The highest BCUT2D eigenvalue weighted by atomic mass is 32.2. The number of hydrogen-bond donors (Lipinski definition) is 1. The largest absolute Gasteiger partial charge is 0.457 e. The molecule has 1 N–H and O–H groups in total. The van der Waals surface area contributed by atoms with Crippen molar-refractivity contribution in [3.63, 3.8) is 0 Å². The molecule has 0 spiro atoms. The molecule has 4 rings (SSSR count). The molecule has 35 heavy (non-hydrogen) atoms. The van der Waals surface area contributed by atoms with E-state index in [1.165, 1.54) is 0 Å². The van der Waals surface area contributed by atoms with Crippen molar-refractivity contribution in [3.8, 4) is 11.5 Å². The third-order valence-electron chi connectivity index (χ3n) is 5.88. The molecule has 1 heterocycles. The molecule has 0 amide bonds. The average molecular weight is 490 g/mol. The van der Waals surface area contributed by atoms with E-state index in [0.717, 1.165) is 47.6 Å². The van der Waals surface area contributed by atoms with Crippen LogP contribution in [-0.4, -0.2) is 18.2 Å². The number of nitrogens with one attached hydrogen (secondary N) is 1. The summed E-state index contributed by atoms with van der Waals surface area (Å²) in [7, 11) is -3.72. The second kappa shape index (κ2) is 10.8. The third kappa shape index (κ3) is 6.11. The van der Waals surface area contributed by atoms with Crippen LogP contribution in [-0.2, 0) is 23.0 Å². The standard InChI is InChI=1S/C28H31N3O3S/c1-4-5-10-23-15-17-27(18-16-23)35(32,33)30-28-21(2)29-31(22(28)3)20-24-11-9-14-26(19-24)34-25-12-7-6-8-13-25/h6-9,11-19,30H,4-5,10,20H2,1-3H3. The molecule has 0 fully saturated rings. The van der Waals surface area contributed by atoms with Gasteiger partial charge >= 0.3 is 0 Å². The fourth-order valence-electron chi connectivity index (χ4n) is 3.91. The van der Waals surface area contributed by atoms with Crippen LogP contribution in [0.4, 0.5) is 5.69 Å². The van der Waals surface area contributed by atoms with Crippen molar-refractivity contribution >= 4 is 15.7 Å². The summed E-state index contributed by atoms with van der Waals surface area (Å²) in [5.41, 5.74) is 4.03. The number of anilines is 1. The second-order valence-corrected chi connectivity index (χ2v) is 10.3. The van der Waals surface area contributed by atoms with Gasteiger partial charge in [-0.2, -0.15) is 5.10 Å². The highest BCUT2D eigenvalue weighted by molar-refractivity contribution is 7.92. The number of ether oxygens (including phenoxy) is 1.